The first-order valence-electron chi connectivity index (χ1n) is 9.95. The van der Waals surface area contributed by atoms with E-state index in [-0.39, 0.29) is 6.04 Å². The lowest BCUT2D eigenvalue weighted by atomic mass is 9.98. The van der Waals surface area contributed by atoms with Crippen LogP contribution in [0.2, 0.25) is 0 Å². The molecule has 6 heteroatoms. The Morgan fingerprint density at radius 2 is 1.79 bits per heavy atom. The number of quaternary nitrogens is 1. The first-order valence-corrected chi connectivity index (χ1v) is 10.4. The summed E-state index contributed by atoms with van der Waals surface area (Å²) in [6.07, 6.45) is 0. The molecule has 3 N–H and O–H groups in total. The molecule has 1 saturated heterocycles. The highest BCUT2D eigenvalue weighted by molar-refractivity contribution is 7.80. The molecule has 0 amide bonds. The SMILES string of the molecule is CCOc1ccc(NC(=S)N[C@@H](C)[C@@H](c2ccccc2)[NH+]2CCOCC2)cc1. The maximum Gasteiger partial charge on any atom is 0.171 e. The van der Waals surface area contributed by atoms with E-state index in [1.165, 1.54) is 10.5 Å². The smallest absolute Gasteiger partial charge is 0.171 e. The molecule has 5 nitrogen and oxygen atoms in total. The third-order valence-electron chi connectivity index (χ3n) is 5.02. The quantitative estimate of drug-likeness (QED) is 0.623. The molecule has 0 radical (unpaired) electrons. The minimum atomic E-state index is 0.179. The van der Waals surface area contributed by atoms with Gasteiger partial charge in [0, 0.05) is 11.3 Å². The second kappa shape index (κ2) is 10.4. The number of benzene rings is 2. The molecule has 1 fully saturated rings. The third-order valence-corrected chi connectivity index (χ3v) is 5.24. The zero-order valence-electron chi connectivity index (χ0n) is 16.6. The number of rotatable bonds is 7. The van der Waals surface area contributed by atoms with Crippen molar-refractivity contribution in [3.8, 4) is 5.75 Å². The van der Waals surface area contributed by atoms with Crippen LogP contribution in [-0.4, -0.2) is 44.1 Å². The van der Waals surface area contributed by atoms with Crippen molar-refractivity contribution in [1.82, 2.24) is 5.32 Å². The molecule has 1 heterocycles. The van der Waals surface area contributed by atoms with Crippen LogP contribution in [-0.2, 0) is 4.74 Å². The Morgan fingerprint density at radius 3 is 2.43 bits per heavy atom. The van der Waals surface area contributed by atoms with Gasteiger partial charge in [0.05, 0.1) is 25.9 Å². The molecule has 1 aliphatic heterocycles. The summed E-state index contributed by atoms with van der Waals surface area (Å²) in [4.78, 5) is 1.53. The third kappa shape index (κ3) is 5.67. The van der Waals surface area contributed by atoms with E-state index in [2.05, 4.69) is 47.9 Å². The number of ether oxygens (including phenoxy) is 2. The highest BCUT2D eigenvalue weighted by Crippen LogP contribution is 2.17. The van der Waals surface area contributed by atoms with Gasteiger partial charge < -0.3 is 25.0 Å². The molecule has 0 spiro atoms. The lowest BCUT2D eigenvalue weighted by molar-refractivity contribution is -0.940. The summed E-state index contributed by atoms with van der Waals surface area (Å²) in [5.41, 5.74) is 2.27. The second-order valence-electron chi connectivity index (χ2n) is 7.00. The van der Waals surface area contributed by atoms with Gasteiger partial charge in [-0.2, -0.15) is 0 Å². The van der Waals surface area contributed by atoms with Gasteiger partial charge in [0.2, 0.25) is 0 Å². The van der Waals surface area contributed by atoms with E-state index in [4.69, 9.17) is 21.7 Å². The van der Waals surface area contributed by atoms with E-state index < -0.39 is 0 Å². The fraction of sp³-hybridized carbons (Fsp3) is 0.409. The van der Waals surface area contributed by atoms with Crippen molar-refractivity contribution >= 4 is 23.0 Å². The predicted octanol–water partition coefficient (Wildman–Crippen LogP) is 2.42. The Labute approximate surface area is 173 Å². The van der Waals surface area contributed by atoms with Crippen LogP contribution in [0.5, 0.6) is 5.75 Å². The van der Waals surface area contributed by atoms with Gasteiger partial charge in [0.1, 0.15) is 24.9 Å². The summed E-state index contributed by atoms with van der Waals surface area (Å²) >= 11 is 5.58. The van der Waals surface area contributed by atoms with Crippen LogP contribution in [0.25, 0.3) is 0 Å². The van der Waals surface area contributed by atoms with Crippen molar-refractivity contribution in [2.45, 2.75) is 25.9 Å². The van der Waals surface area contributed by atoms with E-state index in [9.17, 15) is 0 Å². The zero-order valence-corrected chi connectivity index (χ0v) is 17.4. The van der Waals surface area contributed by atoms with Gasteiger partial charge in [-0.15, -0.1) is 0 Å². The van der Waals surface area contributed by atoms with Crippen molar-refractivity contribution in [3.63, 3.8) is 0 Å². The van der Waals surface area contributed by atoms with Crippen LogP contribution in [0.15, 0.2) is 54.6 Å². The molecule has 2 atom stereocenters. The number of anilines is 1. The van der Waals surface area contributed by atoms with E-state index in [0.717, 1.165) is 37.7 Å². The highest BCUT2D eigenvalue weighted by atomic mass is 32.1. The first kappa shape index (κ1) is 20.6. The van der Waals surface area contributed by atoms with Crippen molar-refractivity contribution in [2.24, 2.45) is 0 Å². The molecule has 0 aliphatic carbocycles. The maximum absolute atomic E-state index is 5.58. The minimum Gasteiger partial charge on any atom is -0.494 e. The summed E-state index contributed by atoms with van der Waals surface area (Å²) in [6, 6.07) is 19.0. The fourth-order valence-electron chi connectivity index (χ4n) is 3.74. The number of thiocarbonyl (C=S) groups is 1. The molecule has 3 rings (SSSR count). The zero-order chi connectivity index (χ0) is 19.8. The monoisotopic (exact) mass is 400 g/mol. The van der Waals surface area contributed by atoms with Crippen LogP contribution >= 0.6 is 12.2 Å². The van der Waals surface area contributed by atoms with Gasteiger partial charge in [-0.1, -0.05) is 30.3 Å². The molecule has 0 unspecified atom stereocenters. The molecule has 150 valence electrons. The Morgan fingerprint density at radius 1 is 1.11 bits per heavy atom. The number of nitrogens with one attached hydrogen (secondary N) is 3. The normalized spacial score (nSPS) is 16.8. The van der Waals surface area contributed by atoms with Gasteiger partial charge in [0.15, 0.2) is 5.11 Å². The molecule has 0 bridgehead atoms. The molecule has 28 heavy (non-hydrogen) atoms. The summed E-state index contributed by atoms with van der Waals surface area (Å²) in [5, 5.41) is 7.40. The number of hydrogen-bond donors (Lipinski definition) is 3. The maximum atomic E-state index is 5.58. The summed E-state index contributed by atoms with van der Waals surface area (Å²) in [7, 11) is 0. The lowest BCUT2D eigenvalue weighted by Crippen LogP contribution is -3.15. The highest BCUT2D eigenvalue weighted by Gasteiger charge is 2.31. The fourth-order valence-corrected chi connectivity index (χ4v) is 4.05. The topological polar surface area (TPSA) is 47.0 Å². The Balaban J connectivity index is 1.65. The molecule has 1 aliphatic rings. The van der Waals surface area contributed by atoms with E-state index in [0.29, 0.717) is 17.8 Å². The second-order valence-corrected chi connectivity index (χ2v) is 7.41. The Bertz CT molecular complexity index is 733. The van der Waals surface area contributed by atoms with Gasteiger partial charge in [-0.25, -0.2) is 0 Å². The van der Waals surface area contributed by atoms with Crippen LogP contribution in [0.1, 0.15) is 25.5 Å². The summed E-state index contributed by atoms with van der Waals surface area (Å²) in [6.45, 7) is 8.46. The van der Waals surface area contributed by atoms with Crippen molar-refractivity contribution in [3.05, 3.63) is 60.2 Å². The van der Waals surface area contributed by atoms with Crippen molar-refractivity contribution < 1.29 is 14.4 Å². The van der Waals surface area contributed by atoms with Crippen LogP contribution < -0.4 is 20.3 Å². The van der Waals surface area contributed by atoms with Crippen LogP contribution in [0.3, 0.4) is 0 Å². The molecular formula is C22H30N3O2S+. The predicted molar refractivity (Wildman–Crippen MR) is 117 cm³/mol. The van der Waals surface area contributed by atoms with E-state index in [1.807, 2.05) is 31.2 Å². The molecule has 0 saturated carbocycles. The van der Waals surface area contributed by atoms with Gasteiger partial charge >= 0.3 is 0 Å². The van der Waals surface area contributed by atoms with Crippen molar-refractivity contribution in [2.75, 3.05) is 38.2 Å². The minimum absolute atomic E-state index is 0.179. The Hall–Kier alpha value is -2.15. The molecule has 2 aromatic rings. The average molecular weight is 401 g/mol. The molecule has 2 aromatic carbocycles. The summed E-state index contributed by atoms with van der Waals surface area (Å²) in [5.74, 6) is 0.861. The van der Waals surface area contributed by atoms with Crippen LogP contribution in [0, 0.1) is 0 Å². The number of morpholine rings is 1. The van der Waals surface area contributed by atoms with E-state index in [1.54, 1.807) is 0 Å². The lowest BCUT2D eigenvalue weighted by Gasteiger charge is -2.35. The average Bonchev–Trinajstić information content (AvgIpc) is 2.71. The van der Waals surface area contributed by atoms with Crippen LogP contribution in [0.4, 0.5) is 5.69 Å². The van der Waals surface area contributed by atoms with Crippen molar-refractivity contribution in [1.29, 1.82) is 0 Å². The summed E-state index contributed by atoms with van der Waals surface area (Å²) < 4.78 is 11.1. The molecule has 0 aromatic heterocycles. The van der Waals surface area contributed by atoms with Gasteiger partial charge in [-0.3, -0.25) is 0 Å². The standard InChI is InChI=1S/C22H29N3O2S/c1-3-27-20-11-9-19(10-12-20)24-22(28)23-17(2)21(18-7-5-4-6-8-18)25-13-15-26-16-14-25/h4-12,17,21H,3,13-16H2,1-2H3,(H2,23,24,28)/p+1/t17-,21-/m0/s1. The van der Waals surface area contributed by atoms with Gasteiger partial charge in [-0.05, 0) is 50.3 Å². The van der Waals surface area contributed by atoms with Gasteiger partial charge in [0.25, 0.3) is 0 Å². The largest absolute Gasteiger partial charge is 0.494 e. The molecular weight excluding hydrogens is 370 g/mol. The number of hydrogen-bond acceptors (Lipinski definition) is 3. The first-order chi connectivity index (χ1) is 13.7. The Kier molecular flexibility index (Phi) is 7.65. The van der Waals surface area contributed by atoms with E-state index >= 15 is 0 Å².